The van der Waals surface area contributed by atoms with E-state index in [9.17, 15) is 32.9 Å². The first-order valence-corrected chi connectivity index (χ1v) is 5.37. The van der Waals surface area contributed by atoms with Crippen molar-refractivity contribution in [2.24, 2.45) is 0 Å². The van der Waals surface area contributed by atoms with Crippen LogP contribution in [0.1, 0.15) is 22.3 Å². The number of anilines is 1. The van der Waals surface area contributed by atoms with E-state index in [0.717, 1.165) is 0 Å². The van der Waals surface area contributed by atoms with Crippen molar-refractivity contribution < 1.29 is 32.8 Å². The highest BCUT2D eigenvalue weighted by molar-refractivity contribution is 6.04. The predicted octanol–water partition coefficient (Wildman–Crippen LogP) is 2.16. The van der Waals surface area contributed by atoms with Gasteiger partial charge in [0.15, 0.2) is 0 Å². The number of hydrogen-bond donors (Lipinski definition) is 2. The van der Waals surface area contributed by atoms with Gasteiger partial charge in [0.1, 0.15) is 12.1 Å². The Kier molecular flexibility index (Phi) is 4.67. The second-order valence-electron chi connectivity index (χ2n) is 3.86. The maximum atomic E-state index is 12.6. The fourth-order valence-electron chi connectivity index (χ4n) is 1.49. The number of carbonyl (C=O) groups is 2. The van der Waals surface area contributed by atoms with Gasteiger partial charge in [-0.25, -0.2) is 4.79 Å². The summed E-state index contributed by atoms with van der Waals surface area (Å²) in [7, 11) is 0. The van der Waals surface area contributed by atoms with E-state index < -0.39 is 51.9 Å². The molecular weight excluding hydrogens is 311 g/mol. The zero-order chi connectivity index (χ0) is 17.1. The summed E-state index contributed by atoms with van der Waals surface area (Å²) in [6, 6.07) is 1.68. The number of aromatic carboxylic acids is 1. The van der Waals surface area contributed by atoms with E-state index in [2.05, 4.69) is 0 Å². The predicted molar refractivity (Wildman–Crippen MR) is 63.9 cm³/mol. The molecule has 0 saturated heterocycles. The minimum Gasteiger partial charge on any atom is -0.478 e. The Morgan fingerprint density at radius 3 is 2.41 bits per heavy atom. The summed E-state index contributed by atoms with van der Waals surface area (Å²) in [5.41, 5.74) is -4.80. The number of rotatable bonds is 4. The van der Waals surface area contributed by atoms with Gasteiger partial charge >= 0.3 is 12.1 Å². The number of nitro groups is 1. The Hall–Kier alpha value is -3.16. The van der Waals surface area contributed by atoms with E-state index in [1.54, 1.807) is 5.32 Å². The first-order chi connectivity index (χ1) is 10.1. The lowest BCUT2D eigenvalue weighted by molar-refractivity contribution is -0.384. The van der Waals surface area contributed by atoms with E-state index in [1.807, 2.05) is 0 Å². The van der Waals surface area contributed by atoms with Gasteiger partial charge in [-0.05, 0) is 6.07 Å². The number of benzene rings is 1. The Morgan fingerprint density at radius 2 is 2.00 bits per heavy atom. The number of carboxylic acid groups (broad SMARTS) is 1. The molecule has 11 heteroatoms. The smallest absolute Gasteiger partial charge is 0.416 e. The third-order valence-electron chi connectivity index (χ3n) is 2.38. The molecule has 0 radical (unpaired) electrons. The molecule has 0 aliphatic carbocycles. The van der Waals surface area contributed by atoms with Crippen LogP contribution in [0.25, 0.3) is 0 Å². The monoisotopic (exact) mass is 317 g/mol. The van der Waals surface area contributed by atoms with Crippen LogP contribution in [-0.2, 0) is 11.0 Å². The molecule has 1 aromatic carbocycles. The lowest BCUT2D eigenvalue weighted by Crippen LogP contribution is -2.17. The molecule has 0 aliphatic heterocycles. The van der Waals surface area contributed by atoms with E-state index in [4.69, 9.17) is 10.4 Å². The lowest BCUT2D eigenvalue weighted by Gasteiger charge is -2.12. The molecule has 0 unspecified atom stereocenters. The second-order valence-corrected chi connectivity index (χ2v) is 3.86. The fraction of sp³-hybridized carbons (Fsp3) is 0.182. The number of carboxylic acids is 1. The second kappa shape index (κ2) is 6.08. The summed E-state index contributed by atoms with van der Waals surface area (Å²) in [6.07, 6.45) is -5.76. The molecule has 0 heterocycles. The van der Waals surface area contributed by atoms with Crippen molar-refractivity contribution in [2.45, 2.75) is 12.6 Å². The topological polar surface area (TPSA) is 133 Å². The third kappa shape index (κ3) is 3.69. The number of nitriles is 1. The molecular formula is C11H6F3N3O5. The molecule has 8 nitrogen and oxygen atoms in total. The summed E-state index contributed by atoms with van der Waals surface area (Å²) in [5, 5.41) is 29.8. The zero-order valence-electron chi connectivity index (χ0n) is 10.5. The Bertz CT molecular complexity index is 658. The van der Waals surface area contributed by atoms with Crippen molar-refractivity contribution in [1.29, 1.82) is 5.26 Å². The van der Waals surface area contributed by atoms with Crippen LogP contribution in [0.5, 0.6) is 0 Å². The fourth-order valence-corrected chi connectivity index (χ4v) is 1.49. The molecule has 2 N–H and O–H groups in total. The lowest BCUT2D eigenvalue weighted by atomic mass is 10.1. The van der Waals surface area contributed by atoms with E-state index in [1.165, 1.54) is 6.07 Å². The number of nitrogens with one attached hydrogen (secondary N) is 1. The van der Waals surface area contributed by atoms with Crippen LogP contribution < -0.4 is 5.32 Å². The maximum absolute atomic E-state index is 12.6. The molecule has 1 amide bonds. The molecule has 1 rings (SSSR count). The van der Waals surface area contributed by atoms with Gasteiger partial charge in [-0.2, -0.15) is 18.4 Å². The number of carbonyl (C=O) groups excluding carboxylic acids is 1. The standard InChI is InChI=1S/C11H6F3N3O5/c12-11(13,14)5-3-6(10(19)20)9(7(4-5)17(21)22)16-8(18)1-2-15/h3-4H,1H2,(H,16,18)(H,19,20). The summed E-state index contributed by atoms with van der Waals surface area (Å²) in [4.78, 5) is 31.9. The summed E-state index contributed by atoms with van der Waals surface area (Å²) < 4.78 is 37.9. The quantitative estimate of drug-likeness (QED) is 0.645. The van der Waals surface area contributed by atoms with Gasteiger partial charge in [0, 0.05) is 6.07 Å². The molecule has 0 aliphatic rings. The van der Waals surface area contributed by atoms with Crippen LogP contribution in [0.2, 0.25) is 0 Å². The van der Waals surface area contributed by atoms with Gasteiger partial charge in [-0.3, -0.25) is 14.9 Å². The third-order valence-corrected chi connectivity index (χ3v) is 2.38. The Labute approximate surface area is 119 Å². The Balaban J connectivity index is 3.58. The van der Waals surface area contributed by atoms with Gasteiger partial charge in [0.25, 0.3) is 5.69 Å². The molecule has 22 heavy (non-hydrogen) atoms. The molecule has 0 bridgehead atoms. The summed E-state index contributed by atoms with van der Waals surface area (Å²) >= 11 is 0. The van der Waals surface area contributed by atoms with Crippen molar-refractivity contribution in [3.05, 3.63) is 33.4 Å². The van der Waals surface area contributed by atoms with Crippen LogP contribution in [0.15, 0.2) is 12.1 Å². The molecule has 116 valence electrons. The molecule has 0 spiro atoms. The number of nitro benzene ring substituents is 1. The average Bonchev–Trinajstić information content (AvgIpc) is 2.36. The van der Waals surface area contributed by atoms with Crippen molar-refractivity contribution in [1.82, 2.24) is 0 Å². The van der Waals surface area contributed by atoms with Gasteiger partial charge in [-0.15, -0.1) is 0 Å². The SMILES string of the molecule is N#CCC(=O)Nc1c(C(=O)O)cc(C(F)(F)F)cc1[N+](=O)[O-]. The highest BCUT2D eigenvalue weighted by atomic mass is 19.4. The number of nitrogens with zero attached hydrogens (tertiary/aromatic N) is 2. The van der Waals surface area contributed by atoms with Crippen LogP contribution in [0.4, 0.5) is 24.5 Å². The molecule has 0 atom stereocenters. The van der Waals surface area contributed by atoms with Crippen LogP contribution in [-0.4, -0.2) is 21.9 Å². The maximum Gasteiger partial charge on any atom is 0.416 e. The summed E-state index contributed by atoms with van der Waals surface area (Å²) in [5.74, 6) is -2.99. The van der Waals surface area contributed by atoms with Gasteiger partial charge in [-0.1, -0.05) is 0 Å². The van der Waals surface area contributed by atoms with E-state index in [0.29, 0.717) is 0 Å². The minimum atomic E-state index is -5.01. The van der Waals surface area contributed by atoms with Gasteiger partial charge in [0.2, 0.25) is 5.91 Å². The first-order valence-electron chi connectivity index (χ1n) is 5.37. The molecule has 0 fully saturated rings. The van der Waals surface area contributed by atoms with Crippen molar-refractivity contribution in [2.75, 3.05) is 5.32 Å². The molecule has 0 aromatic heterocycles. The van der Waals surface area contributed by atoms with Gasteiger partial charge in [0.05, 0.1) is 22.1 Å². The molecule has 0 saturated carbocycles. The van der Waals surface area contributed by atoms with Gasteiger partial charge < -0.3 is 10.4 Å². The summed E-state index contributed by atoms with van der Waals surface area (Å²) in [6.45, 7) is 0. The van der Waals surface area contributed by atoms with E-state index in [-0.39, 0.29) is 12.1 Å². The van der Waals surface area contributed by atoms with Crippen LogP contribution in [0, 0.1) is 21.4 Å². The number of hydrogen-bond acceptors (Lipinski definition) is 5. The largest absolute Gasteiger partial charge is 0.478 e. The average molecular weight is 317 g/mol. The highest BCUT2D eigenvalue weighted by Crippen LogP contribution is 2.37. The first kappa shape index (κ1) is 16.9. The van der Waals surface area contributed by atoms with E-state index >= 15 is 0 Å². The molecule has 1 aromatic rings. The number of amides is 1. The van der Waals surface area contributed by atoms with Crippen LogP contribution in [0.3, 0.4) is 0 Å². The number of halogens is 3. The van der Waals surface area contributed by atoms with Crippen LogP contribution >= 0.6 is 0 Å². The number of alkyl halides is 3. The van der Waals surface area contributed by atoms with Crippen molar-refractivity contribution in [3.63, 3.8) is 0 Å². The highest BCUT2D eigenvalue weighted by Gasteiger charge is 2.36. The van der Waals surface area contributed by atoms with Crippen molar-refractivity contribution >= 4 is 23.3 Å². The minimum absolute atomic E-state index is 0.106. The normalized spacial score (nSPS) is 10.6. The Morgan fingerprint density at radius 1 is 1.41 bits per heavy atom. The van der Waals surface area contributed by atoms with Crippen molar-refractivity contribution in [3.8, 4) is 6.07 Å². The zero-order valence-corrected chi connectivity index (χ0v) is 10.5.